The molecule has 1 aromatic rings. The molecule has 0 unspecified atom stereocenters. The molecule has 0 amide bonds. The average Bonchev–Trinajstić information content (AvgIpc) is 2.59. The lowest BCUT2D eigenvalue weighted by Gasteiger charge is -2.09. The number of hydrogen-bond acceptors (Lipinski definition) is 4. The number of H-pyrrole nitrogens is 1. The van der Waals surface area contributed by atoms with Crippen LogP contribution < -0.4 is 4.90 Å². The summed E-state index contributed by atoms with van der Waals surface area (Å²) in [5, 5.41) is 13.4. The van der Waals surface area contributed by atoms with E-state index in [2.05, 4.69) is 27.2 Å². The molecule has 1 aliphatic rings. The standard InChI is InChI=1S/C5H8N5/c1-2-4-10(3-1)5-6-8-9-7-5/h3H,1-2,4H2,(H,6,7,8,9). The second kappa shape index (κ2) is 2.24. The van der Waals surface area contributed by atoms with Crippen LogP contribution in [0.15, 0.2) is 0 Å². The fourth-order valence-corrected chi connectivity index (χ4v) is 1.07. The monoisotopic (exact) mass is 138 g/mol. The van der Waals surface area contributed by atoms with Crippen molar-refractivity contribution in [3.8, 4) is 0 Å². The van der Waals surface area contributed by atoms with Gasteiger partial charge in [-0.05, 0) is 23.3 Å². The second-order valence-electron chi connectivity index (χ2n) is 2.24. The summed E-state index contributed by atoms with van der Waals surface area (Å²) in [5.74, 6) is 0.748. The number of nitrogens with one attached hydrogen (secondary N) is 1. The topological polar surface area (TPSA) is 57.7 Å². The Morgan fingerprint density at radius 3 is 3.20 bits per heavy atom. The smallest absolute Gasteiger partial charge is 0.243 e. The Labute approximate surface area is 58.4 Å². The second-order valence-corrected chi connectivity index (χ2v) is 2.24. The van der Waals surface area contributed by atoms with Gasteiger partial charge in [-0.2, -0.15) is 0 Å². The van der Waals surface area contributed by atoms with Crippen LogP contribution in [0.1, 0.15) is 12.8 Å². The first-order chi connectivity index (χ1) is 4.97. The van der Waals surface area contributed by atoms with E-state index in [1.165, 1.54) is 6.42 Å². The summed E-state index contributed by atoms with van der Waals surface area (Å²) in [5.41, 5.74) is 0. The van der Waals surface area contributed by atoms with Crippen molar-refractivity contribution in [2.75, 3.05) is 11.4 Å². The maximum atomic E-state index is 3.78. The van der Waals surface area contributed by atoms with Gasteiger partial charge in [-0.25, -0.2) is 5.10 Å². The van der Waals surface area contributed by atoms with Gasteiger partial charge in [-0.15, -0.1) is 0 Å². The Hall–Kier alpha value is -1.13. The molecule has 0 atom stereocenters. The van der Waals surface area contributed by atoms with E-state index in [1.807, 2.05) is 4.90 Å². The maximum Gasteiger partial charge on any atom is 0.243 e. The first-order valence-corrected chi connectivity index (χ1v) is 3.30. The van der Waals surface area contributed by atoms with Crippen LogP contribution in [0.25, 0.3) is 0 Å². The van der Waals surface area contributed by atoms with E-state index in [9.17, 15) is 0 Å². The van der Waals surface area contributed by atoms with E-state index in [0.717, 1.165) is 18.9 Å². The molecule has 0 saturated carbocycles. The first kappa shape index (κ1) is 5.64. The van der Waals surface area contributed by atoms with Crippen LogP contribution in [0.2, 0.25) is 0 Å². The molecule has 1 aliphatic heterocycles. The highest BCUT2D eigenvalue weighted by atomic mass is 15.5. The van der Waals surface area contributed by atoms with Crippen LogP contribution >= 0.6 is 0 Å². The Bertz CT molecular complexity index is 188. The van der Waals surface area contributed by atoms with E-state index in [4.69, 9.17) is 0 Å². The molecule has 10 heavy (non-hydrogen) atoms. The quantitative estimate of drug-likeness (QED) is 0.591. The van der Waals surface area contributed by atoms with Gasteiger partial charge in [0.1, 0.15) is 0 Å². The van der Waals surface area contributed by atoms with Crippen molar-refractivity contribution < 1.29 is 0 Å². The fourth-order valence-electron chi connectivity index (χ4n) is 1.07. The third kappa shape index (κ3) is 0.832. The van der Waals surface area contributed by atoms with E-state index < -0.39 is 0 Å². The van der Waals surface area contributed by atoms with Crippen LogP contribution in [0.3, 0.4) is 0 Å². The van der Waals surface area contributed by atoms with Gasteiger partial charge in [0, 0.05) is 6.54 Å². The molecule has 5 heteroatoms. The minimum absolute atomic E-state index is 0.748. The van der Waals surface area contributed by atoms with Gasteiger partial charge < -0.3 is 4.90 Å². The number of rotatable bonds is 1. The van der Waals surface area contributed by atoms with Crippen LogP contribution in [0.5, 0.6) is 0 Å². The summed E-state index contributed by atoms with van der Waals surface area (Å²) in [6, 6.07) is 0. The molecule has 2 heterocycles. The third-order valence-electron chi connectivity index (χ3n) is 1.56. The van der Waals surface area contributed by atoms with E-state index >= 15 is 0 Å². The van der Waals surface area contributed by atoms with Gasteiger partial charge in [-0.1, -0.05) is 5.10 Å². The van der Waals surface area contributed by atoms with Crippen LogP contribution in [-0.4, -0.2) is 27.2 Å². The highest BCUT2D eigenvalue weighted by Gasteiger charge is 2.14. The van der Waals surface area contributed by atoms with Crippen molar-refractivity contribution in [2.24, 2.45) is 0 Å². The molecule has 0 spiro atoms. The molecule has 0 bridgehead atoms. The molecule has 1 aromatic heterocycles. The number of nitrogens with zero attached hydrogens (tertiary/aromatic N) is 4. The van der Waals surface area contributed by atoms with Crippen molar-refractivity contribution in [3.05, 3.63) is 6.54 Å². The van der Waals surface area contributed by atoms with Crippen LogP contribution in [-0.2, 0) is 0 Å². The summed E-state index contributed by atoms with van der Waals surface area (Å²) in [6.45, 7) is 3.12. The maximum absolute atomic E-state index is 3.78. The summed E-state index contributed by atoms with van der Waals surface area (Å²) in [7, 11) is 0. The van der Waals surface area contributed by atoms with E-state index in [0.29, 0.717) is 0 Å². The van der Waals surface area contributed by atoms with Crippen molar-refractivity contribution in [3.63, 3.8) is 0 Å². The lowest BCUT2D eigenvalue weighted by Crippen LogP contribution is -2.15. The summed E-state index contributed by atoms with van der Waals surface area (Å²) >= 11 is 0. The molecule has 0 aromatic carbocycles. The number of aromatic amines is 1. The van der Waals surface area contributed by atoms with Crippen molar-refractivity contribution in [1.82, 2.24) is 20.6 Å². The molecular formula is C5H8N5. The fraction of sp³-hybridized carbons (Fsp3) is 0.600. The predicted molar refractivity (Wildman–Crippen MR) is 35.1 cm³/mol. The molecule has 1 fully saturated rings. The normalized spacial score (nSPS) is 18.2. The zero-order valence-electron chi connectivity index (χ0n) is 5.49. The molecule has 1 radical (unpaired) electrons. The largest absolute Gasteiger partial charge is 0.335 e. The third-order valence-corrected chi connectivity index (χ3v) is 1.56. The van der Waals surface area contributed by atoms with Crippen LogP contribution in [0, 0.1) is 6.54 Å². The number of anilines is 1. The Morgan fingerprint density at radius 2 is 2.60 bits per heavy atom. The Balaban J connectivity index is 2.12. The molecule has 53 valence electrons. The molecule has 5 nitrogen and oxygen atoms in total. The van der Waals surface area contributed by atoms with Crippen LogP contribution in [0.4, 0.5) is 5.95 Å². The Morgan fingerprint density at radius 1 is 1.60 bits per heavy atom. The molecule has 0 aliphatic carbocycles. The predicted octanol–water partition coefficient (Wildman–Crippen LogP) is -0.0383. The Kier molecular flexibility index (Phi) is 1.26. The van der Waals surface area contributed by atoms with Gasteiger partial charge in [0.2, 0.25) is 5.95 Å². The number of hydrogen-bond donors (Lipinski definition) is 1. The van der Waals surface area contributed by atoms with Crippen molar-refractivity contribution in [2.45, 2.75) is 12.8 Å². The van der Waals surface area contributed by atoms with E-state index in [1.54, 1.807) is 0 Å². The van der Waals surface area contributed by atoms with Gasteiger partial charge in [0.15, 0.2) is 0 Å². The first-order valence-electron chi connectivity index (χ1n) is 3.30. The van der Waals surface area contributed by atoms with Crippen molar-refractivity contribution >= 4 is 5.95 Å². The summed E-state index contributed by atoms with van der Waals surface area (Å²) in [6.07, 6.45) is 2.32. The lowest BCUT2D eigenvalue weighted by atomic mass is 10.4. The zero-order chi connectivity index (χ0) is 6.81. The van der Waals surface area contributed by atoms with Gasteiger partial charge in [0.25, 0.3) is 0 Å². The van der Waals surface area contributed by atoms with Gasteiger partial charge >= 0.3 is 0 Å². The highest BCUT2D eigenvalue weighted by Crippen LogP contribution is 2.16. The summed E-state index contributed by atoms with van der Waals surface area (Å²) in [4.78, 5) is 2.03. The minimum atomic E-state index is 0.748. The average molecular weight is 138 g/mol. The van der Waals surface area contributed by atoms with Crippen molar-refractivity contribution in [1.29, 1.82) is 0 Å². The van der Waals surface area contributed by atoms with E-state index in [-0.39, 0.29) is 0 Å². The van der Waals surface area contributed by atoms with Gasteiger partial charge in [-0.3, -0.25) is 0 Å². The zero-order valence-corrected chi connectivity index (χ0v) is 5.49. The minimum Gasteiger partial charge on any atom is -0.335 e. The molecular weight excluding hydrogens is 130 g/mol. The number of tetrazole rings is 1. The highest BCUT2D eigenvalue weighted by molar-refractivity contribution is 5.30. The molecule has 1 saturated heterocycles. The number of aromatic nitrogens is 4. The van der Waals surface area contributed by atoms with Gasteiger partial charge in [0.05, 0.1) is 6.54 Å². The molecule has 1 N–H and O–H groups in total. The molecule has 2 rings (SSSR count). The summed E-state index contributed by atoms with van der Waals surface area (Å²) < 4.78 is 0. The lowest BCUT2D eigenvalue weighted by molar-refractivity contribution is 0.881. The SMILES string of the molecule is [CH]1CCCN1c1nnn[nH]1.